The first-order valence-corrected chi connectivity index (χ1v) is 12.3. The summed E-state index contributed by atoms with van der Waals surface area (Å²) in [6, 6.07) is 17.5. The number of carbonyl (C=O) groups excluding carboxylic acids is 1. The van der Waals surface area contributed by atoms with Crippen LogP contribution in [0.4, 0.5) is 11.4 Å². The lowest BCUT2D eigenvalue weighted by molar-refractivity contribution is -0.113. The van der Waals surface area contributed by atoms with Crippen LogP contribution < -0.4 is 9.80 Å². The van der Waals surface area contributed by atoms with Gasteiger partial charge < -0.3 is 14.5 Å². The molecule has 0 N–H and O–H groups in total. The number of nitrogens with zero attached hydrogens (tertiary/aromatic N) is 2. The lowest BCUT2D eigenvalue weighted by Crippen LogP contribution is -2.41. The predicted octanol–water partition coefficient (Wildman–Crippen LogP) is 4.77. The number of Topliss-reactive ketones (excluding diaryl/α,β-unsaturated/α-hetero) is 1. The van der Waals surface area contributed by atoms with Crippen LogP contribution in [-0.2, 0) is 9.53 Å². The Bertz CT molecular complexity index is 1060. The fraction of sp³-hybridized carbons (Fsp3) is 0.269. The molecular formula is C26H28N2O2S. The van der Waals surface area contributed by atoms with Gasteiger partial charge in [0.15, 0.2) is 5.78 Å². The van der Waals surface area contributed by atoms with Gasteiger partial charge in [0.05, 0.1) is 16.6 Å². The van der Waals surface area contributed by atoms with E-state index in [2.05, 4.69) is 76.6 Å². The average Bonchev–Trinajstić information content (AvgIpc) is 3.28. The van der Waals surface area contributed by atoms with Crippen LogP contribution in [0.5, 0.6) is 0 Å². The van der Waals surface area contributed by atoms with E-state index >= 15 is 0 Å². The predicted molar refractivity (Wildman–Crippen MR) is 130 cm³/mol. The molecule has 0 saturated carbocycles. The third-order valence-electron chi connectivity index (χ3n) is 6.65. The van der Waals surface area contributed by atoms with Crippen molar-refractivity contribution in [2.45, 2.75) is 20.6 Å². The highest BCUT2D eigenvalue weighted by Gasteiger charge is 2.65. The molecule has 0 bridgehead atoms. The van der Waals surface area contributed by atoms with Crippen LogP contribution in [0.25, 0.3) is 0 Å². The van der Waals surface area contributed by atoms with E-state index in [0.717, 1.165) is 16.9 Å². The van der Waals surface area contributed by atoms with Crippen molar-refractivity contribution in [3.05, 3.63) is 84.7 Å². The van der Waals surface area contributed by atoms with E-state index in [4.69, 9.17) is 4.74 Å². The zero-order valence-corrected chi connectivity index (χ0v) is 19.2. The first-order valence-electron chi connectivity index (χ1n) is 10.5. The van der Waals surface area contributed by atoms with E-state index in [9.17, 15) is 4.79 Å². The lowest BCUT2D eigenvalue weighted by atomic mass is 9.89. The molecule has 2 heterocycles. The summed E-state index contributed by atoms with van der Waals surface area (Å²) in [5.74, 6) is 0.713. The van der Waals surface area contributed by atoms with Gasteiger partial charge in [0.1, 0.15) is 6.10 Å². The molecule has 31 heavy (non-hydrogen) atoms. The normalized spacial score (nSPS) is 26.0. The second-order valence-electron chi connectivity index (χ2n) is 8.71. The summed E-state index contributed by atoms with van der Waals surface area (Å²) in [4.78, 5) is 20.1. The Labute approximate surface area is 185 Å². The zero-order chi connectivity index (χ0) is 21.8. The summed E-state index contributed by atoms with van der Waals surface area (Å²) >= 11 is 0. The minimum absolute atomic E-state index is 0.156. The van der Waals surface area contributed by atoms with E-state index in [-0.39, 0.29) is 11.9 Å². The SMILES string of the molecule is CN(C)c1ccc(S2(c3ccc(N(C)C)cc3)CC(=O)C3=COC4C=CC=CC342)cc1. The second-order valence-corrected chi connectivity index (χ2v) is 12.1. The molecule has 2 unspecified atom stereocenters. The minimum atomic E-state index is -1.77. The number of benzene rings is 2. The van der Waals surface area contributed by atoms with Gasteiger partial charge in [0.2, 0.25) is 0 Å². The van der Waals surface area contributed by atoms with Gasteiger partial charge in [-0.3, -0.25) is 4.79 Å². The topological polar surface area (TPSA) is 32.8 Å². The van der Waals surface area contributed by atoms with Gasteiger partial charge in [-0.1, -0.05) is 18.2 Å². The number of carbonyl (C=O) groups is 1. The molecule has 1 spiro atoms. The summed E-state index contributed by atoms with van der Waals surface area (Å²) in [5.41, 5.74) is 3.12. The Morgan fingerprint density at radius 1 is 0.871 bits per heavy atom. The molecule has 2 aromatic rings. The van der Waals surface area contributed by atoms with Crippen LogP contribution in [0, 0.1) is 0 Å². The summed E-state index contributed by atoms with van der Waals surface area (Å²) in [7, 11) is 6.42. The highest BCUT2D eigenvalue weighted by Crippen LogP contribution is 2.79. The molecule has 1 fully saturated rings. The Kier molecular flexibility index (Phi) is 4.56. The summed E-state index contributed by atoms with van der Waals surface area (Å²) < 4.78 is 5.63. The van der Waals surface area contributed by atoms with E-state index < -0.39 is 14.8 Å². The van der Waals surface area contributed by atoms with E-state index in [1.165, 1.54) is 9.79 Å². The van der Waals surface area contributed by atoms with Crippen molar-refractivity contribution in [2.24, 2.45) is 0 Å². The average molecular weight is 433 g/mol. The van der Waals surface area contributed by atoms with Gasteiger partial charge in [-0.05, 0) is 64.4 Å². The molecule has 5 rings (SSSR count). The van der Waals surface area contributed by atoms with Crippen molar-refractivity contribution in [1.29, 1.82) is 0 Å². The summed E-state index contributed by atoms with van der Waals surface area (Å²) in [6.07, 6.45) is 10.0. The monoisotopic (exact) mass is 432 g/mol. The third kappa shape index (κ3) is 2.66. The number of anilines is 2. The van der Waals surface area contributed by atoms with Crippen LogP contribution in [0.15, 0.2) is 94.5 Å². The molecular weight excluding hydrogens is 404 g/mol. The zero-order valence-electron chi connectivity index (χ0n) is 18.4. The Morgan fingerprint density at radius 3 is 1.94 bits per heavy atom. The van der Waals surface area contributed by atoms with Crippen molar-refractivity contribution in [3.63, 3.8) is 0 Å². The second kappa shape index (κ2) is 7.06. The first kappa shape index (κ1) is 20.0. The number of hydrogen-bond donors (Lipinski definition) is 0. The lowest BCUT2D eigenvalue weighted by Gasteiger charge is -2.50. The number of hydrogen-bond acceptors (Lipinski definition) is 4. The van der Waals surface area contributed by atoms with Gasteiger partial charge in [0, 0.05) is 45.3 Å². The molecule has 3 aliphatic rings. The van der Waals surface area contributed by atoms with Crippen molar-refractivity contribution in [3.8, 4) is 0 Å². The number of ether oxygens (including phenoxy) is 1. The Morgan fingerprint density at radius 2 is 1.42 bits per heavy atom. The molecule has 5 heteroatoms. The smallest absolute Gasteiger partial charge is 0.172 e. The first-order chi connectivity index (χ1) is 14.9. The van der Waals surface area contributed by atoms with Gasteiger partial charge in [-0.15, -0.1) is 0 Å². The maximum atomic E-state index is 13.4. The Hall–Kier alpha value is -2.92. The van der Waals surface area contributed by atoms with Crippen molar-refractivity contribution in [2.75, 3.05) is 43.7 Å². The van der Waals surface area contributed by atoms with Crippen LogP contribution in [-0.4, -0.2) is 50.6 Å². The quantitative estimate of drug-likeness (QED) is 0.697. The van der Waals surface area contributed by atoms with Gasteiger partial charge >= 0.3 is 0 Å². The largest absolute Gasteiger partial charge is 0.491 e. The number of ketones is 1. The van der Waals surface area contributed by atoms with Crippen molar-refractivity contribution in [1.82, 2.24) is 0 Å². The molecule has 2 atom stereocenters. The number of rotatable bonds is 4. The summed E-state index contributed by atoms with van der Waals surface area (Å²) in [6.45, 7) is 0. The molecule has 1 saturated heterocycles. The molecule has 0 radical (unpaired) electrons. The third-order valence-corrected chi connectivity index (χ3v) is 11.2. The van der Waals surface area contributed by atoms with Crippen molar-refractivity contribution >= 4 is 27.2 Å². The maximum Gasteiger partial charge on any atom is 0.172 e. The highest BCUT2D eigenvalue weighted by atomic mass is 32.3. The maximum absolute atomic E-state index is 13.4. The molecule has 1 aliphatic carbocycles. The van der Waals surface area contributed by atoms with Crippen LogP contribution in [0.1, 0.15) is 0 Å². The molecule has 0 amide bonds. The molecule has 4 nitrogen and oxygen atoms in total. The molecule has 0 aromatic heterocycles. The van der Waals surface area contributed by atoms with Gasteiger partial charge in [0.25, 0.3) is 0 Å². The van der Waals surface area contributed by atoms with Crippen molar-refractivity contribution < 1.29 is 9.53 Å². The molecule has 2 aromatic carbocycles. The minimum Gasteiger partial charge on any atom is -0.491 e. The standard InChI is InChI=1S/C26H28N2O2S/c1-27(2)19-8-12-21(13-9-19)31(22-14-10-20(11-15-22)28(3)4)18-24(29)23-17-30-25-7-5-6-16-26(23,25)31/h5-17,25H,18H2,1-4H3. The van der Waals surface area contributed by atoms with Gasteiger partial charge in [-0.25, -0.2) is 0 Å². The summed E-state index contributed by atoms with van der Waals surface area (Å²) in [5, 5.41) is 0. The fourth-order valence-electron chi connectivity index (χ4n) is 5.05. The highest BCUT2D eigenvalue weighted by molar-refractivity contribution is 8.36. The van der Waals surface area contributed by atoms with E-state index in [1.807, 2.05) is 34.3 Å². The van der Waals surface area contributed by atoms with Crippen LogP contribution >= 0.6 is 10.0 Å². The molecule has 2 aliphatic heterocycles. The fourth-order valence-corrected chi connectivity index (χ4v) is 9.80. The van der Waals surface area contributed by atoms with E-state index in [1.54, 1.807) is 6.26 Å². The number of allylic oxidation sites excluding steroid dienone is 2. The Balaban J connectivity index is 1.78. The van der Waals surface area contributed by atoms with E-state index in [0.29, 0.717) is 5.75 Å². The van der Waals surface area contributed by atoms with Crippen LogP contribution in [0.2, 0.25) is 0 Å². The van der Waals surface area contributed by atoms with Gasteiger partial charge in [-0.2, -0.15) is 10.0 Å². The van der Waals surface area contributed by atoms with Crippen LogP contribution in [0.3, 0.4) is 0 Å². The molecule has 160 valence electrons.